The highest BCUT2D eigenvalue weighted by Crippen LogP contribution is 2.20. The molecule has 10 nitrogen and oxygen atoms in total. The van der Waals surface area contributed by atoms with E-state index in [0.29, 0.717) is 18.8 Å². The third kappa shape index (κ3) is 3.49. The Morgan fingerprint density at radius 1 is 1.52 bits per heavy atom. The average molecular weight is 292 g/mol. The summed E-state index contributed by atoms with van der Waals surface area (Å²) in [6.07, 6.45) is 3.01. The first-order chi connectivity index (χ1) is 9.97. The zero-order valence-corrected chi connectivity index (χ0v) is 11.1. The highest BCUT2D eigenvalue weighted by atomic mass is 16.6. The van der Waals surface area contributed by atoms with Gasteiger partial charge in [0.05, 0.1) is 4.92 Å². The smallest absolute Gasteiger partial charge is 0.342 e. The number of aromatic carboxylic acids is 1. The Hall–Kier alpha value is -3.04. The largest absolute Gasteiger partial charge is 0.477 e. The molecule has 0 unspecified atom stereocenters. The first kappa shape index (κ1) is 14.4. The molecule has 2 aromatic rings. The van der Waals surface area contributed by atoms with Crippen molar-refractivity contribution in [2.24, 2.45) is 7.05 Å². The summed E-state index contributed by atoms with van der Waals surface area (Å²) < 4.78 is 1.57. The van der Waals surface area contributed by atoms with Crippen molar-refractivity contribution < 1.29 is 14.8 Å². The van der Waals surface area contributed by atoms with Gasteiger partial charge in [-0.15, -0.1) is 0 Å². The summed E-state index contributed by atoms with van der Waals surface area (Å²) in [5, 5.41) is 26.6. The molecule has 0 aliphatic heterocycles. The van der Waals surface area contributed by atoms with Crippen molar-refractivity contribution in [3.63, 3.8) is 0 Å². The van der Waals surface area contributed by atoms with Crippen LogP contribution in [0.1, 0.15) is 16.2 Å². The van der Waals surface area contributed by atoms with Gasteiger partial charge in [0, 0.05) is 26.1 Å². The van der Waals surface area contributed by atoms with E-state index in [1.807, 2.05) is 0 Å². The molecule has 2 rings (SSSR count). The van der Waals surface area contributed by atoms with Crippen LogP contribution in [0.5, 0.6) is 0 Å². The highest BCUT2D eigenvalue weighted by molar-refractivity contribution is 5.93. The molecule has 0 aromatic carbocycles. The molecule has 0 aliphatic rings. The maximum Gasteiger partial charge on any atom is 0.342 e. The van der Waals surface area contributed by atoms with Crippen LogP contribution in [-0.4, -0.2) is 42.3 Å². The molecule has 2 N–H and O–H groups in total. The first-order valence-electron chi connectivity index (χ1n) is 5.93. The number of carbonyl (C=O) groups is 1. The molecule has 2 heterocycles. The Balaban J connectivity index is 2.05. The minimum absolute atomic E-state index is 0.244. The fraction of sp³-hybridized carbons (Fsp3) is 0.273. The molecular formula is C11H12N6O4. The van der Waals surface area contributed by atoms with Gasteiger partial charge in [-0.3, -0.25) is 14.8 Å². The number of carboxylic acid groups (broad SMARTS) is 1. The van der Waals surface area contributed by atoms with Crippen LogP contribution in [0.25, 0.3) is 0 Å². The van der Waals surface area contributed by atoms with Crippen LogP contribution in [0.3, 0.4) is 0 Å². The second-order valence-electron chi connectivity index (χ2n) is 4.16. The van der Waals surface area contributed by atoms with Crippen molar-refractivity contribution in [1.29, 1.82) is 0 Å². The van der Waals surface area contributed by atoms with Crippen molar-refractivity contribution in [2.75, 3.05) is 11.9 Å². The summed E-state index contributed by atoms with van der Waals surface area (Å²) in [5.41, 5.74) is -0.951. The molecule has 0 aliphatic carbocycles. The maximum absolute atomic E-state index is 11.0. The summed E-state index contributed by atoms with van der Waals surface area (Å²) in [4.78, 5) is 28.8. The zero-order valence-electron chi connectivity index (χ0n) is 11.1. The van der Waals surface area contributed by atoms with Gasteiger partial charge in [0.2, 0.25) is 0 Å². The van der Waals surface area contributed by atoms with Crippen molar-refractivity contribution >= 4 is 17.5 Å². The van der Waals surface area contributed by atoms with Gasteiger partial charge in [0.1, 0.15) is 23.9 Å². The van der Waals surface area contributed by atoms with E-state index in [4.69, 9.17) is 5.11 Å². The predicted octanol–water partition coefficient (Wildman–Crippen LogP) is 0.471. The second kappa shape index (κ2) is 5.94. The Morgan fingerprint density at radius 2 is 2.29 bits per heavy atom. The number of nitrogens with one attached hydrogen (secondary N) is 1. The van der Waals surface area contributed by atoms with E-state index in [1.54, 1.807) is 18.1 Å². The number of nitrogens with zero attached hydrogens (tertiary/aromatic N) is 5. The highest BCUT2D eigenvalue weighted by Gasteiger charge is 2.20. The number of carboxylic acids is 1. The van der Waals surface area contributed by atoms with Gasteiger partial charge in [-0.1, -0.05) is 0 Å². The fourth-order valence-electron chi connectivity index (χ4n) is 1.66. The van der Waals surface area contributed by atoms with E-state index in [0.717, 1.165) is 12.3 Å². The molecule has 21 heavy (non-hydrogen) atoms. The molecule has 0 saturated heterocycles. The number of aryl methyl sites for hydroxylation is 1. The van der Waals surface area contributed by atoms with Crippen LogP contribution >= 0.6 is 0 Å². The fourth-order valence-corrected chi connectivity index (χ4v) is 1.66. The third-order valence-electron chi connectivity index (χ3n) is 2.61. The quantitative estimate of drug-likeness (QED) is 0.579. The number of rotatable bonds is 6. The van der Waals surface area contributed by atoms with Gasteiger partial charge in [-0.25, -0.2) is 14.8 Å². The van der Waals surface area contributed by atoms with Gasteiger partial charge >= 0.3 is 11.7 Å². The lowest BCUT2D eigenvalue weighted by Gasteiger charge is -2.05. The Bertz CT molecular complexity index is 683. The lowest BCUT2D eigenvalue weighted by molar-refractivity contribution is -0.385. The number of aromatic nitrogens is 4. The van der Waals surface area contributed by atoms with Crippen LogP contribution in [-0.2, 0) is 13.5 Å². The van der Waals surface area contributed by atoms with Crippen molar-refractivity contribution in [1.82, 2.24) is 19.7 Å². The minimum Gasteiger partial charge on any atom is -0.477 e. The molecule has 2 aromatic heterocycles. The lowest BCUT2D eigenvalue weighted by atomic mass is 10.2. The predicted molar refractivity (Wildman–Crippen MR) is 71.0 cm³/mol. The van der Waals surface area contributed by atoms with Gasteiger partial charge in [0.25, 0.3) is 0 Å². The van der Waals surface area contributed by atoms with Crippen molar-refractivity contribution in [2.45, 2.75) is 6.42 Å². The van der Waals surface area contributed by atoms with Crippen LogP contribution in [0.15, 0.2) is 18.6 Å². The van der Waals surface area contributed by atoms with E-state index in [-0.39, 0.29) is 5.82 Å². The van der Waals surface area contributed by atoms with Gasteiger partial charge in [0.15, 0.2) is 5.82 Å². The van der Waals surface area contributed by atoms with E-state index in [1.165, 1.54) is 0 Å². The van der Waals surface area contributed by atoms with E-state index >= 15 is 0 Å². The maximum atomic E-state index is 11.0. The molecule has 0 radical (unpaired) electrons. The number of anilines is 1. The Kier molecular flexibility index (Phi) is 4.07. The summed E-state index contributed by atoms with van der Waals surface area (Å²) in [6.45, 7) is 0.424. The normalized spacial score (nSPS) is 10.3. The SMILES string of the molecule is Cn1cnc(CCNc2cc(C(=O)O)c([N+](=O)[O-])cn2)n1. The van der Waals surface area contributed by atoms with Crippen LogP contribution in [0, 0.1) is 10.1 Å². The summed E-state index contributed by atoms with van der Waals surface area (Å²) in [5.74, 6) is -0.502. The summed E-state index contributed by atoms with van der Waals surface area (Å²) in [6, 6.07) is 1.13. The average Bonchev–Trinajstić information content (AvgIpc) is 2.84. The standard InChI is InChI=1S/C11H12N6O4/c1-16-6-14-9(15-16)2-3-12-10-4-7(11(18)19)8(5-13-10)17(20)21/h4-6H,2-3H2,1H3,(H,12,13)(H,18,19). The van der Waals surface area contributed by atoms with E-state index in [9.17, 15) is 14.9 Å². The Morgan fingerprint density at radius 3 is 2.86 bits per heavy atom. The van der Waals surface area contributed by atoms with Crippen LogP contribution in [0.2, 0.25) is 0 Å². The third-order valence-corrected chi connectivity index (χ3v) is 2.61. The van der Waals surface area contributed by atoms with Crippen molar-refractivity contribution in [3.8, 4) is 0 Å². The molecule has 0 fully saturated rings. The number of pyridine rings is 1. The molecule has 0 amide bonds. The molecule has 110 valence electrons. The van der Waals surface area contributed by atoms with Gasteiger partial charge < -0.3 is 10.4 Å². The minimum atomic E-state index is -1.38. The number of hydrogen-bond acceptors (Lipinski definition) is 7. The first-order valence-corrected chi connectivity index (χ1v) is 5.93. The second-order valence-corrected chi connectivity index (χ2v) is 4.16. The number of nitro groups is 1. The zero-order chi connectivity index (χ0) is 15.4. The van der Waals surface area contributed by atoms with Crippen molar-refractivity contribution in [3.05, 3.63) is 40.1 Å². The van der Waals surface area contributed by atoms with Crippen LogP contribution in [0.4, 0.5) is 11.5 Å². The monoisotopic (exact) mass is 292 g/mol. The number of hydrogen-bond donors (Lipinski definition) is 2. The van der Waals surface area contributed by atoms with Crippen LogP contribution < -0.4 is 5.32 Å². The molecular weight excluding hydrogens is 280 g/mol. The molecule has 0 atom stereocenters. The lowest BCUT2D eigenvalue weighted by Crippen LogP contribution is -2.10. The molecule has 10 heteroatoms. The van der Waals surface area contributed by atoms with E-state index < -0.39 is 22.1 Å². The van der Waals surface area contributed by atoms with Gasteiger partial charge in [-0.05, 0) is 0 Å². The summed E-state index contributed by atoms with van der Waals surface area (Å²) >= 11 is 0. The molecule has 0 spiro atoms. The van der Waals surface area contributed by atoms with Gasteiger partial charge in [-0.2, -0.15) is 5.10 Å². The molecule has 0 bridgehead atoms. The summed E-state index contributed by atoms with van der Waals surface area (Å²) in [7, 11) is 1.75. The topological polar surface area (TPSA) is 136 Å². The Labute approximate surface area is 118 Å². The van der Waals surface area contributed by atoms with E-state index in [2.05, 4.69) is 20.4 Å². The molecule has 0 saturated carbocycles.